The molecule has 0 bridgehead atoms. The Bertz CT molecular complexity index is 1070. The number of benzene rings is 1. The molecular formula is C15H16F3IN6O4S2. The molecule has 0 aliphatic heterocycles. The lowest BCUT2D eigenvalue weighted by atomic mass is 10.2. The molecule has 0 saturated heterocycles. The maximum atomic E-state index is 13.5. The van der Waals surface area contributed by atoms with Gasteiger partial charge in [-0.1, -0.05) is 11.8 Å². The van der Waals surface area contributed by atoms with Crippen LogP contribution in [0.5, 0.6) is 0 Å². The Morgan fingerprint density at radius 2 is 2.10 bits per heavy atom. The van der Waals surface area contributed by atoms with E-state index in [1.54, 1.807) is 29.8 Å². The summed E-state index contributed by atoms with van der Waals surface area (Å²) in [7, 11) is -3.94. The van der Waals surface area contributed by atoms with Crippen molar-refractivity contribution < 1.29 is 31.0 Å². The predicted octanol–water partition coefficient (Wildman–Crippen LogP) is 2.24. The Morgan fingerprint density at radius 1 is 1.39 bits per heavy atom. The van der Waals surface area contributed by atoms with E-state index in [2.05, 4.69) is 24.2 Å². The molecule has 0 radical (unpaired) electrons. The number of halogens is 4. The molecule has 10 nitrogen and oxygen atoms in total. The molecule has 1 amide bonds. The van der Waals surface area contributed by atoms with Gasteiger partial charge in [0.15, 0.2) is 16.6 Å². The Hall–Kier alpha value is -1.92. The minimum absolute atomic E-state index is 0.113. The molecular weight excluding hydrogens is 576 g/mol. The Morgan fingerprint density at radius 3 is 2.71 bits per heavy atom. The van der Waals surface area contributed by atoms with Crippen molar-refractivity contribution in [3.05, 3.63) is 35.3 Å². The maximum absolute atomic E-state index is 13.5. The number of hydrogen-bond donors (Lipinski definition) is 3. The monoisotopic (exact) mass is 592 g/mol. The highest BCUT2D eigenvalue weighted by atomic mass is 127. The first-order valence-electron chi connectivity index (χ1n) is 8.29. The summed E-state index contributed by atoms with van der Waals surface area (Å²) >= 11 is 2.77. The summed E-state index contributed by atoms with van der Waals surface area (Å²) in [6.45, 7) is 1.64. The van der Waals surface area contributed by atoms with Gasteiger partial charge in [-0.25, -0.2) is 31.4 Å². The standard InChI is InChI=1S/C15H16F3IN6O4S2/c1-7(21-11(26)6-31(20,27)28)5-30-15-12(24-29-25-15)14(23-19)22-8-2-3-10(16)9(4-8)13(17)18/h2-4,7,13H,5-6H2,1H3,(H,21,26)(H,22,23)(H2,20,27,28)/t7-/m0/s1. The first kappa shape index (κ1) is 25.3. The van der Waals surface area contributed by atoms with E-state index in [0.717, 1.165) is 23.9 Å². The van der Waals surface area contributed by atoms with Crippen molar-refractivity contribution in [1.82, 2.24) is 15.6 Å². The number of primary sulfonamides is 1. The predicted molar refractivity (Wildman–Crippen MR) is 116 cm³/mol. The summed E-state index contributed by atoms with van der Waals surface area (Å²) < 4.78 is 69.9. The van der Waals surface area contributed by atoms with Gasteiger partial charge >= 0.3 is 0 Å². The molecule has 0 aliphatic carbocycles. The quantitative estimate of drug-likeness (QED) is 0.174. The second-order valence-electron chi connectivity index (χ2n) is 6.10. The third-order valence-electron chi connectivity index (χ3n) is 3.47. The summed E-state index contributed by atoms with van der Waals surface area (Å²) in [5.74, 6) is -2.25. The van der Waals surface area contributed by atoms with Gasteiger partial charge in [0.2, 0.25) is 15.9 Å². The van der Waals surface area contributed by atoms with E-state index >= 15 is 0 Å². The molecule has 1 aromatic carbocycles. The summed E-state index contributed by atoms with van der Waals surface area (Å²) in [4.78, 5) is 11.6. The molecule has 0 aliphatic rings. The minimum atomic E-state index is -3.94. The number of carbonyl (C=O) groups is 1. The van der Waals surface area contributed by atoms with E-state index in [-0.39, 0.29) is 28.0 Å². The third kappa shape index (κ3) is 7.93. The number of nitrogens with one attached hydrogen (secondary N) is 2. The van der Waals surface area contributed by atoms with Crippen molar-refractivity contribution in [2.24, 2.45) is 8.34 Å². The molecule has 1 heterocycles. The number of nitrogens with zero attached hydrogens (tertiary/aromatic N) is 3. The van der Waals surface area contributed by atoms with Gasteiger partial charge in [-0.15, -0.1) is 0 Å². The van der Waals surface area contributed by atoms with Crippen LogP contribution in [0.4, 0.5) is 18.9 Å². The minimum Gasteiger partial charge on any atom is -0.352 e. The lowest BCUT2D eigenvalue weighted by molar-refractivity contribution is -0.119. The summed E-state index contributed by atoms with van der Waals surface area (Å²) in [6, 6.07) is 2.65. The summed E-state index contributed by atoms with van der Waals surface area (Å²) in [6.07, 6.45) is -2.99. The highest BCUT2D eigenvalue weighted by molar-refractivity contribution is 14.1. The van der Waals surface area contributed by atoms with Gasteiger partial charge in [-0.05, 0) is 35.4 Å². The van der Waals surface area contributed by atoms with Gasteiger partial charge in [-0.2, -0.15) is 3.21 Å². The first-order chi connectivity index (χ1) is 14.5. The number of aromatic nitrogens is 2. The van der Waals surface area contributed by atoms with Crippen molar-refractivity contribution in [1.29, 1.82) is 0 Å². The van der Waals surface area contributed by atoms with Crippen LogP contribution in [-0.2, 0) is 14.8 Å². The average molecular weight is 592 g/mol. The lowest BCUT2D eigenvalue weighted by Gasteiger charge is -2.13. The zero-order valence-corrected chi connectivity index (χ0v) is 19.5. The average Bonchev–Trinajstić information content (AvgIpc) is 3.12. The van der Waals surface area contributed by atoms with E-state index < -0.39 is 45.5 Å². The first-order valence-corrected chi connectivity index (χ1v) is 12.0. The van der Waals surface area contributed by atoms with Crippen LogP contribution in [0.15, 0.2) is 31.1 Å². The summed E-state index contributed by atoms with van der Waals surface area (Å²) in [5.41, 5.74) is -0.463. The van der Waals surface area contributed by atoms with Gasteiger partial charge in [0.05, 0.1) is 28.4 Å². The SMILES string of the molecule is C[C@@H](CSc1nonc1C(=NI)Nc1ccc(F)c(C(F)F)c1)NC(=O)CS(N)(=O)=O. The van der Waals surface area contributed by atoms with Crippen molar-refractivity contribution in [3.63, 3.8) is 0 Å². The van der Waals surface area contributed by atoms with Crippen LogP contribution in [0.3, 0.4) is 0 Å². The molecule has 4 N–H and O–H groups in total. The number of sulfonamides is 1. The van der Waals surface area contributed by atoms with Crippen LogP contribution in [0.25, 0.3) is 0 Å². The van der Waals surface area contributed by atoms with Gasteiger partial charge in [0.25, 0.3) is 6.43 Å². The molecule has 1 aromatic heterocycles. The van der Waals surface area contributed by atoms with Gasteiger partial charge in [0.1, 0.15) is 11.6 Å². The van der Waals surface area contributed by atoms with Gasteiger partial charge in [0, 0.05) is 17.5 Å². The largest absolute Gasteiger partial charge is 0.352 e. The highest BCUT2D eigenvalue weighted by Gasteiger charge is 2.21. The maximum Gasteiger partial charge on any atom is 0.266 e. The highest BCUT2D eigenvalue weighted by Crippen LogP contribution is 2.26. The number of anilines is 1. The van der Waals surface area contributed by atoms with E-state index in [1.807, 2.05) is 0 Å². The fraction of sp³-hybridized carbons (Fsp3) is 0.333. The van der Waals surface area contributed by atoms with Crippen LogP contribution in [0.2, 0.25) is 0 Å². The van der Waals surface area contributed by atoms with E-state index in [4.69, 9.17) is 9.77 Å². The zero-order chi connectivity index (χ0) is 23.2. The Balaban J connectivity index is 2.06. The fourth-order valence-corrected chi connectivity index (χ4v) is 3.86. The molecule has 0 unspecified atom stereocenters. The van der Waals surface area contributed by atoms with E-state index in [9.17, 15) is 26.4 Å². The number of rotatable bonds is 9. The topological polar surface area (TPSA) is 153 Å². The number of nitrogens with two attached hydrogens (primary N) is 1. The van der Waals surface area contributed by atoms with Crippen LogP contribution in [0, 0.1) is 5.82 Å². The molecule has 16 heteroatoms. The zero-order valence-electron chi connectivity index (χ0n) is 15.7. The van der Waals surface area contributed by atoms with Crippen molar-refractivity contribution in [3.8, 4) is 0 Å². The molecule has 170 valence electrons. The molecule has 1 atom stereocenters. The van der Waals surface area contributed by atoms with Gasteiger partial charge in [-0.3, -0.25) is 4.79 Å². The second kappa shape index (κ2) is 11.1. The molecule has 0 fully saturated rings. The normalized spacial score (nSPS) is 13.3. The van der Waals surface area contributed by atoms with Crippen molar-refractivity contribution in [2.75, 3.05) is 16.8 Å². The third-order valence-corrected chi connectivity index (χ3v) is 5.83. The summed E-state index contributed by atoms with van der Waals surface area (Å²) in [5, 5.41) is 17.8. The Labute approximate surface area is 193 Å². The smallest absolute Gasteiger partial charge is 0.266 e. The molecule has 0 spiro atoms. The molecule has 2 rings (SSSR count). The second-order valence-corrected chi connectivity index (χ2v) is 9.21. The Kier molecular flexibility index (Phi) is 9.07. The number of amides is 1. The molecule has 31 heavy (non-hydrogen) atoms. The van der Waals surface area contributed by atoms with Crippen LogP contribution in [0.1, 0.15) is 24.6 Å². The fourth-order valence-electron chi connectivity index (χ4n) is 2.21. The van der Waals surface area contributed by atoms with Crippen LogP contribution < -0.4 is 15.8 Å². The molecule has 0 saturated carbocycles. The van der Waals surface area contributed by atoms with E-state index in [1.165, 1.54) is 6.07 Å². The molecule has 2 aromatic rings. The van der Waals surface area contributed by atoms with Crippen molar-refractivity contribution in [2.45, 2.75) is 24.4 Å². The number of carbonyl (C=O) groups excluding carboxylic acids is 1. The number of alkyl halides is 2. The lowest BCUT2D eigenvalue weighted by Crippen LogP contribution is -2.39. The van der Waals surface area contributed by atoms with Crippen LogP contribution >= 0.6 is 34.6 Å². The number of thioether (sulfide) groups is 1. The van der Waals surface area contributed by atoms with Crippen molar-refractivity contribution >= 4 is 62.1 Å². The van der Waals surface area contributed by atoms with E-state index in [0.29, 0.717) is 0 Å². The number of hydrogen-bond acceptors (Lipinski definition) is 8. The number of amidine groups is 1. The van der Waals surface area contributed by atoms with Crippen LogP contribution in [-0.4, -0.2) is 48.0 Å². The van der Waals surface area contributed by atoms with Gasteiger partial charge < -0.3 is 10.6 Å².